The molecule has 0 bridgehead atoms. The van der Waals surface area contributed by atoms with Crippen LogP contribution in [0.15, 0.2) is 83.4 Å². The zero-order valence-electron chi connectivity index (χ0n) is 15.1. The second-order valence-corrected chi connectivity index (χ2v) is 6.35. The molecule has 0 radical (unpaired) electrons. The van der Waals surface area contributed by atoms with Crippen LogP contribution in [0.1, 0.15) is 15.9 Å². The zero-order valence-corrected chi connectivity index (χ0v) is 15.1. The molecule has 4 nitrogen and oxygen atoms in total. The van der Waals surface area contributed by atoms with Crippen LogP contribution in [0.3, 0.4) is 0 Å². The molecule has 1 N–H and O–H groups in total. The summed E-state index contributed by atoms with van der Waals surface area (Å²) >= 11 is 0. The topological polar surface area (TPSA) is 55.1 Å². The van der Waals surface area contributed by atoms with Gasteiger partial charge in [-0.25, -0.2) is 9.37 Å². The van der Waals surface area contributed by atoms with Crippen molar-refractivity contribution in [1.82, 2.24) is 4.98 Å². The maximum atomic E-state index is 13.1. The van der Waals surface area contributed by atoms with Gasteiger partial charge in [0, 0.05) is 16.8 Å². The van der Waals surface area contributed by atoms with Gasteiger partial charge in [-0.3, -0.25) is 4.79 Å². The molecular weight excluding hydrogens is 355 g/mol. The largest absolute Gasteiger partial charge is 0.436 e. The molecule has 0 unspecified atom stereocenters. The number of hydrogen-bond acceptors (Lipinski definition) is 3. The van der Waals surface area contributed by atoms with Crippen molar-refractivity contribution in [1.29, 1.82) is 0 Å². The average molecular weight is 372 g/mol. The zero-order chi connectivity index (χ0) is 19.5. The molecule has 1 aromatic heterocycles. The van der Waals surface area contributed by atoms with Crippen LogP contribution in [0.25, 0.3) is 22.8 Å². The van der Waals surface area contributed by atoms with Gasteiger partial charge in [-0.05, 0) is 55.0 Å². The van der Waals surface area contributed by atoms with Gasteiger partial charge in [0.1, 0.15) is 5.82 Å². The van der Waals surface area contributed by atoms with E-state index in [0.29, 0.717) is 28.3 Å². The maximum absolute atomic E-state index is 13.1. The number of para-hydroxylation sites is 1. The monoisotopic (exact) mass is 372 g/mol. The number of amides is 1. The molecule has 4 aromatic rings. The predicted molar refractivity (Wildman–Crippen MR) is 106 cm³/mol. The molecule has 138 valence electrons. The van der Waals surface area contributed by atoms with Crippen molar-refractivity contribution in [2.24, 2.45) is 0 Å². The van der Waals surface area contributed by atoms with Crippen LogP contribution in [-0.4, -0.2) is 10.9 Å². The number of aromatic nitrogens is 1. The predicted octanol–water partition coefficient (Wildman–Crippen LogP) is 5.71. The number of rotatable bonds is 4. The quantitative estimate of drug-likeness (QED) is 0.499. The van der Waals surface area contributed by atoms with Gasteiger partial charge in [0.2, 0.25) is 5.89 Å². The average Bonchev–Trinajstić information content (AvgIpc) is 3.20. The van der Waals surface area contributed by atoms with E-state index in [2.05, 4.69) is 10.3 Å². The van der Waals surface area contributed by atoms with Crippen LogP contribution in [0.5, 0.6) is 0 Å². The Balaban J connectivity index is 1.66. The first-order valence-electron chi connectivity index (χ1n) is 8.80. The molecule has 5 heteroatoms. The van der Waals surface area contributed by atoms with Crippen LogP contribution in [-0.2, 0) is 0 Å². The van der Waals surface area contributed by atoms with E-state index in [0.717, 1.165) is 11.3 Å². The highest BCUT2D eigenvalue weighted by Gasteiger charge is 2.17. The number of nitrogens with zero attached hydrogens (tertiary/aromatic N) is 1. The third-order valence-electron chi connectivity index (χ3n) is 4.43. The van der Waals surface area contributed by atoms with Gasteiger partial charge in [-0.15, -0.1) is 0 Å². The maximum Gasteiger partial charge on any atom is 0.256 e. The molecule has 3 aromatic carbocycles. The molecule has 0 saturated heterocycles. The van der Waals surface area contributed by atoms with Gasteiger partial charge in [0.05, 0.1) is 11.8 Å². The Kier molecular flexibility index (Phi) is 4.72. The van der Waals surface area contributed by atoms with E-state index in [9.17, 15) is 9.18 Å². The van der Waals surface area contributed by atoms with Crippen molar-refractivity contribution in [2.75, 3.05) is 5.32 Å². The number of oxazole rings is 1. The SMILES string of the molecule is Cc1ccccc1NC(=O)c1ccccc1-c1ncc(-c2ccc(F)cc2)o1. The minimum atomic E-state index is -0.318. The van der Waals surface area contributed by atoms with Crippen molar-refractivity contribution >= 4 is 11.6 Å². The summed E-state index contributed by atoms with van der Waals surface area (Å²) in [5, 5.41) is 2.93. The molecule has 0 aliphatic heterocycles. The number of carbonyl (C=O) groups is 1. The van der Waals surface area contributed by atoms with E-state index in [1.165, 1.54) is 12.1 Å². The number of nitrogens with one attached hydrogen (secondary N) is 1. The van der Waals surface area contributed by atoms with Gasteiger partial charge in [-0.1, -0.05) is 30.3 Å². The van der Waals surface area contributed by atoms with Crippen molar-refractivity contribution < 1.29 is 13.6 Å². The van der Waals surface area contributed by atoms with Crippen molar-refractivity contribution in [2.45, 2.75) is 6.92 Å². The third kappa shape index (κ3) is 3.55. The van der Waals surface area contributed by atoms with Crippen LogP contribution < -0.4 is 5.32 Å². The van der Waals surface area contributed by atoms with E-state index in [4.69, 9.17) is 4.42 Å². The van der Waals surface area contributed by atoms with Gasteiger partial charge in [0.15, 0.2) is 5.76 Å². The van der Waals surface area contributed by atoms with Gasteiger partial charge in [0.25, 0.3) is 5.91 Å². The van der Waals surface area contributed by atoms with Gasteiger partial charge in [-0.2, -0.15) is 0 Å². The lowest BCUT2D eigenvalue weighted by molar-refractivity contribution is 0.102. The Morgan fingerprint density at radius 2 is 1.68 bits per heavy atom. The first kappa shape index (κ1) is 17.7. The van der Waals surface area contributed by atoms with E-state index >= 15 is 0 Å². The molecule has 0 saturated carbocycles. The standard InChI is InChI=1S/C23H17FN2O2/c1-15-6-2-5-9-20(15)26-22(27)18-7-3-4-8-19(18)23-25-14-21(28-23)16-10-12-17(24)13-11-16/h2-14H,1H3,(H,26,27). The summed E-state index contributed by atoms with van der Waals surface area (Å²) in [6.07, 6.45) is 1.57. The Labute approximate surface area is 161 Å². The second-order valence-electron chi connectivity index (χ2n) is 6.35. The molecule has 1 heterocycles. The lowest BCUT2D eigenvalue weighted by Gasteiger charge is -2.10. The summed E-state index contributed by atoms with van der Waals surface area (Å²) in [5.41, 5.74) is 3.48. The summed E-state index contributed by atoms with van der Waals surface area (Å²) in [6, 6.07) is 20.7. The summed E-state index contributed by atoms with van der Waals surface area (Å²) < 4.78 is 19.0. The Morgan fingerprint density at radius 3 is 2.46 bits per heavy atom. The molecule has 4 rings (SSSR count). The van der Waals surface area contributed by atoms with E-state index in [1.807, 2.05) is 37.3 Å². The molecule has 0 atom stereocenters. The van der Waals surface area contributed by atoms with E-state index in [-0.39, 0.29) is 11.7 Å². The summed E-state index contributed by atoms with van der Waals surface area (Å²) in [6.45, 7) is 1.94. The lowest BCUT2D eigenvalue weighted by Crippen LogP contribution is -2.13. The molecule has 0 fully saturated rings. The number of halogens is 1. The molecule has 0 aliphatic rings. The fourth-order valence-electron chi connectivity index (χ4n) is 2.92. The highest BCUT2D eigenvalue weighted by atomic mass is 19.1. The normalized spacial score (nSPS) is 10.6. The first-order valence-corrected chi connectivity index (χ1v) is 8.80. The number of benzene rings is 3. The van der Waals surface area contributed by atoms with E-state index < -0.39 is 0 Å². The number of aryl methyl sites for hydroxylation is 1. The Bertz CT molecular complexity index is 1130. The number of anilines is 1. The highest BCUT2D eigenvalue weighted by Crippen LogP contribution is 2.29. The van der Waals surface area contributed by atoms with E-state index in [1.54, 1.807) is 36.5 Å². The molecule has 0 spiro atoms. The van der Waals surface area contributed by atoms with Crippen molar-refractivity contribution in [3.8, 4) is 22.8 Å². The molecular formula is C23H17FN2O2. The minimum Gasteiger partial charge on any atom is -0.436 e. The summed E-state index contributed by atoms with van der Waals surface area (Å²) in [7, 11) is 0. The van der Waals surface area contributed by atoms with Crippen LogP contribution in [0.2, 0.25) is 0 Å². The first-order chi connectivity index (χ1) is 13.6. The van der Waals surface area contributed by atoms with Crippen molar-refractivity contribution in [3.05, 3.63) is 95.9 Å². The molecule has 1 amide bonds. The lowest BCUT2D eigenvalue weighted by atomic mass is 10.1. The number of carbonyl (C=O) groups excluding carboxylic acids is 1. The summed E-state index contributed by atoms with van der Waals surface area (Å²) in [5.74, 6) is 0.270. The Morgan fingerprint density at radius 1 is 0.964 bits per heavy atom. The van der Waals surface area contributed by atoms with Crippen LogP contribution >= 0.6 is 0 Å². The highest BCUT2D eigenvalue weighted by molar-refractivity contribution is 6.08. The molecule has 0 aliphatic carbocycles. The fraction of sp³-hybridized carbons (Fsp3) is 0.0435. The minimum absolute atomic E-state index is 0.244. The third-order valence-corrected chi connectivity index (χ3v) is 4.43. The fourth-order valence-corrected chi connectivity index (χ4v) is 2.92. The van der Waals surface area contributed by atoms with Gasteiger partial charge < -0.3 is 9.73 Å². The van der Waals surface area contributed by atoms with Crippen LogP contribution in [0.4, 0.5) is 10.1 Å². The van der Waals surface area contributed by atoms with Crippen molar-refractivity contribution in [3.63, 3.8) is 0 Å². The van der Waals surface area contributed by atoms with Gasteiger partial charge >= 0.3 is 0 Å². The summed E-state index contributed by atoms with van der Waals surface area (Å²) in [4.78, 5) is 17.2. The Hall–Kier alpha value is -3.73. The van der Waals surface area contributed by atoms with Crippen LogP contribution in [0, 0.1) is 12.7 Å². The molecule has 28 heavy (non-hydrogen) atoms. The second kappa shape index (κ2) is 7.48. The number of hydrogen-bond donors (Lipinski definition) is 1. The smallest absolute Gasteiger partial charge is 0.256 e.